The standard InChI is InChI=1S/C61H118O17P2/c1-5-9-13-17-21-24-26-28-30-32-36-40-44-48-61(66)78-57(52-72-59(64)46-42-38-35-31-29-27-25-22-18-14-10-6-2)54-76-80(69,70)74-50-55(62)49-73-79(67,68)75-53-56(51-71-58(63)45-41-37-33-20-16-12-8-4)77-60(65)47-43-39-34-23-19-15-11-7-3/h55-57,62H,5-54H2,1-4H3,(H,67,68)(H,69,70)/t55-,56+,57+/m0/s1. The highest BCUT2D eigenvalue weighted by molar-refractivity contribution is 7.47. The van der Waals surface area contributed by atoms with Crippen LogP contribution in [0.1, 0.15) is 310 Å². The first-order valence-corrected chi connectivity index (χ1v) is 35.3. The van der Waals surface area contributed by atoms with E-state index in [0.717, 1.165) is 109 Å². The van der Waals surface area contributed by atoms with Crippen molar-refractivity contribution in [1.29, 1.82) is 0 Å². The summed E-state index contributed by atoms with van der Waals surface area (Å²) in [6, 6.07) is 0. The molecule has 0 aliphatic heterocycles. The van der Waals surface area contributed by atoms with Gasteiger partial charge in [-0.25, -0.2) is 9.13 Å². The second-order valence-electron chi connectivity index (χ2n) is 22.1. The molecule has 0 aromatic rings. The van der Waals surface area contributed by atoms with Crippen LogP contribution in [-0.4, -0.2) is 96.7 Å². The number of ether oxygens (including phenoxy) is 4. The minimum Gasteiger partial charge on any atom is -0.462 e. The van der Waals surface area contributed by atoms with Crippen molar-refractivity contribution in [1.82, 2.24) is 0 Å². The Labute approximate surface area is 486 Å². The number of phosphoric acid groups is 2. The number of aliphatic hydroxyl groups is 1. The second-order valence-corrected chi connectivity index (χ2v) is 25.0. The third-order valence-electron chi connectivity index (χ3n) is 14.1. The maximum Gasteiger partial charge on any atom is 0.472 e. The lowest BCUT2D eigenvalue weighted by atomic mass is 10.0. The molecule has 0 radical (unpaired) electrons. The number of carbonyl (C=O) groups excluding carboxylic acids is 4. The van der Waals surface area contributed by atoms with Crippen molar-refractivity contribution in [2.75, 3.05) is 39.6 Å². The van der Waals surface area contributed by atoms with Crippen LogP contribution in [0.25, 0.3) is 0 Å². The predicted molar refractivity (Wildman–Crippen MR) is 317 cm³/mol. The average Bonchev–Trinajstić information content (AvgIpc) is 3.43. The number of hydrogen-bond donors (Lipinski definition) is 3. The lowest BCUT2D eigenvalue weighted by molar-refractivity contribution is -0.161. The maximum absolute atomic E-state index is 12.9. The molecule has 0 heterocycles. The molecule has 0 saturated heterocycles. The van der Waals surface area contributed by atoms with Crippen LogP contribution in [0.3, 0.4) is 0 Å². The third-order valence-corrected chi connectivity index (χ3v) is 16.0. The predicted octanol–water partition coefficient (Wildman–Crippen LogP) is 16.8. The van der Waals surface area contributed by atoms with Crippen molar-refractivity contribution in [2.24, 2.45) is 0 Å². The molecule has 0 aliphatic carbocycles. The monoisotopic (exact) mass is 1180 g/mol. The highest BCUT2D eigenvalue weighted by atomic mass is 31.2. The topological polar surface area (TPSA) is 237 Å². The van der Waals surface area contributed by atoms with Crippen LogP contribution in [0.2, 0.25) is 0 Å². The number of aliphatic hydroxyl groups excluding tert-OH is 1. The van der Waals surface area contributed by atoms with E-state index in [0.29, 0.717) is 25.7 Å². The number of phosphoric ester groups is 2. The molecule has 0 bridgehead atoms. The van der Waals surface area contributed by atoms with Gasteiger partial charge < -0.3 is 33.8 Å². The molecule has 5 atom stereocenters. The van der Waals surface area contributed by atoms with Crippen molar-refractivity contribution in [3.63, 3.8) is 0 Å². The van der Waals surface area contributed by atoms with Gasteiger partial charge in [-0.3, -0.25) is 37.3 Å². The van der Waals surface area contributed by atoms with E-state index < -0.39 is 97.5 Å². The average molecular weight is 1190 g/mol. The smallest absolute Gasteiger partial charge is 0.462 e. The Morgan fingerprint density at radius 2 is 0.500 bits per heavy atom. The number of rotatable bonds is 62. The molecular formula is C61H118O17P2. The molecule has 0 aliphatic rings. The van der Waals surface area contributed by atoms with Crippen molar-refractivity contribution in [3.8, 4) is 0 Å². The van der Waals surface area contributed by atoms with E-state index in [-0.39, 0.29) is 25.7 Å². The molecule has 2 unspecified atom stereocenters. The minimum absolute atomic E-state index is 0.105. The summed E-state index contributed by atoms with van der Waals surface area (Å²) in [4.78, 5) is 71.9. The first kappa shape index (κ1) is 78.1. The Balaban J connectivity index is 5.20. The van der Waals surface area contributed by atoms with Crippen LogP contribution < -0.4 is 0 Å². The molecule has 474 valence electrons. The Hall–Kier alpha value is -1.94. The van der Waals surface area contributed by atoms with Crippen molar-refractivity contribution in [2.45, 2.75) is 329 Å². The number of carbonyl (C=O) groups is 4. The van der Waals surface area contributed by atoms with Gasteiger partial charge >= 0.3 is 39.5 Å². The Kier molecular flexibility index (Phi) is 54.8. The van der Waals surface area contributed by atoms with Crippen molar-refractivity contribution < 1.29 is 80.2 Å². The van der Waals surface area contributed by atoms with Gasteiger partial charge in [0.2, 0.25) is 0 Å². The fraction of sp³-hybridized carbons (Fsp3) is 0.934. The van der Waals surface area contributed by atoms with Gasteiger partial charge in [0.1, 0.15) is 19.3 Å². The summed E-state index contributed by atoms with van der Waals surface area (Å²) in [7, 11) is -9.87. The van der Waals surface area contributed by atoms with Gasteiger partial charge in [-0.1, -0.05) is 259 Å². The lowest BCUT2D eigenvalue weighted by Crippen LogP contribution is -2.30. The Morgan fingerprint density at radius 3 is 0.738 bits per heavy atom. The van der Waals surface area contributed by atoms with Gasteiger partial charge in [-0.2, -0.15) is 0 Å². The van der Waals surface area contributed by atoms with Gasteiger partial charge in [-0.05, 0) is 25.7 Å². The highest BCUT2D eigenvalue weighted by Gasteiger charge is 2.30. The SMILES string of the molecule is CCCCCCCCCCCCCCCC(=O)O[C@H](COC(=O)CCCCCCCCCCCCCC)COP(=O)(O)OC[C@@H](O)COP(=O)(O)OC[C@@H](COC(=O)CCCCCCCCC)OC(=O)CCCCCCCCCC. The van der Waals surface area contributed by atoms with E-state index in [1.165, 1.54) is 122 Å². The third kappa shape index (κ3) is 55.3. The zero-order valence-corrected chi connectivity index (χ0v) is 52.8. The first-order chi connectivity index (χ1) is 38.7. The molecule has 19 heteroatoms. The summed E-state index contributed by atoms with van der Waals surface area (Å²) in [5.74, 6) is -2.14. The number of esters is 4. The Bertz CT molecular complexity index is 1550. The van der Waals surface area contributed by atoms with E-state index in [2.05, 4.69) is 27.7 Å². The van der Waals surface area contributed by atoms with Gasteiger partial charge in [-0.15, -0.1) is 0 Å². The van der Waals surface area contributed by atoms with E-state index in [4.69, 9.17) is 37.0 Å². The molecule has 0 amide bonds. The number of hydrogen-bond acceptors (Lipinski definition) is 15. The minimum atomic E-state index is -4.94. The molecule has 3 N–H and O–H groups in total. The summed E-state index contributed by atoms with van der Waals surface area (Å²) in [6.45, 7) is 4.81. The zero-order valence-electron chi connectivity index (χ0n) is 51.0. The van der Waals surface area contributed by atoms with E-state index >= 15 is 0 Å². The molecule has 0 saturated carbocycles. The van der Waals surface area contributed by atoms with Crippen LogP contribution in [0.5, 0.6) is 0 Å². The lowest BCUT2D eigenvalue weighted by Gasteiger charge is -2.21. The first-order valence-electron chi connectivity index (χ1n) is 32.3. The fourth-order valence-electron chi connectivity index (χ4n) is 9.10. The molecule has 0 aromatic carbocycles. The molecule has 0 aromatic heterocycles. The van der Waals surface area contributed by atoms with Crippen LogP contribution in [0, 0.1) is 0 Å². The number of unbranched alkanes of at least 4 members (excludes halogenated alkanes) is 36. The van der Waals surface area contributed by atoms with Crippen LogP contribution in [0.15, 0.2) is 0 Å². The van der Waals surface area contributed by atoms with Crippen molar-refractivity contribution in [3.05, 3.63) is 0 Å². The van der Waals surface area contributed by atoms with Gasteiger partial charge in [0.25, 0.3) is 0 Å². The van der Waals surface area contributed by atoms with Crippen LogP contribution >= 0.6 is 15.6 Å². The van der Waals surface area contributed by atoms with Crippen LogP contribution in [0.4, 0.5) is 0 Å². The van der Waals surface area contributed by atoms with E-state index in [1.54, 1.807) is 0 Å². The fourth-order valence-corrected chi connectivity index (χ4v) is 10.7. The molecule has 80 heavy (non-hydrogen) atoms. The van der Waals surface area contributed by atoms with E-state index in [9.17, 15) is 43.2 Å². The normalized spacial score (nSPS) is 14.2. The molecule has 17 nitrogen and oxygen atoms in total. The second kappa shape index (κ2) is 56.2. The van der Waals surface area contributed by atoms with Gasteiger partial charge in [0.15, 0.2) is 12.2 Å². The highest BCUT2D eigenvalue weighted by Crippen LogP contribution is 2.45. The van der Waals surface area contributed by atoms with Crippen LogP contribution in [-0.2, 0) is 65.4 Å². The quantitative estimate of drug-likeness (QED) is 0.0222. The summed E-state index contributed by atoms with van der Waals surface area (Å²) >= 11 is 0. The molecular weight excluding hydrogens is 1070 g/mol. The molecule has 0 fully saturated rings. The van der Waals surface area contributed by atoms with Crippen molar-refractivity contribution >= 4 is 39.5 Å². The molecule has 0 spiro atoms. The summed E-state index contributed by atoms with van der Waals surface area (Å²) in [5.41, 5.74) is 0. The van der Waals surface area contributed by atoms with Gasteiger partial charge in [0.05, 0.1) is 26.4 Å². The summed E-state index contributed by atoms with van der Waals surface area (Å²) < 4.78 is 67.7. The summed E-state index contributed by atoms with van der Waals surface area (Å²) in [5, 5.41) is 10.5. The van der Waals surface area contributed by atoms with Gasteiger partial charge in [0, 0.05) is 25.7 Å². The maximum atomic E-state index is 12.9. The summed E-state index contributed by atoms with van der Waals surface area (Å²) in [6.07, 6.45) is 40.4. The molecule has 0 rings (SSSR count). The zero-order chi connectivity index (χ0) is 59.1. The van der Waals surface area contributed by atoms with E-state index in [1.807, 2.05) is 0 Å². The Morgan fingerprint density at radius 1 is 0.300 bits per heavy atom. The largest absolute Gasteiger partial charge is 0.472 e.